The number of hydrogen-bond acceptors (Lipinski definition) is 3. The van der Waals surface area contributed by atoms with Gasteiger partial charge in [0.15, 0.2) is 0 Å². The van der Waals surface area contributed by atoms with Crippen LogP contribution in [0.4, 0.5) is 0 Å². The van der Waals surface area contributed by atoms with Gasteiger partial charge in [-0.1, -0.05) is 18.2 Å². The second kappa shape index (κ2) is 8.42. The molecule has 1 unspecified atom stereocenters. The molecule has 2 aromatic rings. The van der Waals surface area contributed by atoms with Gasteiger partial charge in [-0.3, -0.25) is 4.98 Å². The van der Waals surface area contributed by atoms with Crippen LogP contribution in [0.5, 0.6) is 5.75 Å². The number of ether oxygens (including phenoxy) is 1. The van der Waals surface area contributed by atoms with Gasteiger partial charge in [0.1, 0.15) is 5.75 Å². The lowest BCUT2D eigenvalue weighted by atomic mass is 10.1. The largest absolute Gasteiger partial charge is 0.497 e. The van der Waals surface area contributed by atoms with Gasteiger partial charge < -0.3 is 10.1 Å². The molecule has 3 heteroatoms. The Kier molecular flexibility index (Phi) is 6.22. The summed E-state index contributed by atoms with van der Waals surface area (Å²) in [5.74, 6) is 0.917. The third-order valence-electron chi connectivity index (χ3n) is 3.63. The van der Waals surface area contributed by atoms with Crippen LogP contribution in [0.1, 0.15) is 24.6 Å². The molecule has 0 saturated heterocycles. The number of hydrogen-bond donors (Lipinski definition) is 1. The number of methoxy groups -OCH3 is 1. The molecular formula is C18H24N2O. The van der Waals surface area contributed by atoms with Crippen molar-refractivity contribution in [3.63, 3.8) is 0 Å². The van der Waals surface area contributed by atoms with Crippen molar-refractivity contribution < 1.29 is 4.74 Å². The summed E-state index contributed by atoms with van der Waals surface area (Å²) in [6, 6.07) is 14.9. The van der Waals surface area contributed by atoms with Gasteiger partial charge in [0.2, 0.25) is 0 Å². The van der Waals surface area contributed by atoms with E-state index in [0.717, 1.165) is 37.3 Å². The SMILES string of the molecule is COc1ccc(CCC(C)NCCc2ccccn2)cc1. The van der Waals surface area contributed by atoms with Crippen LogP contribution in [-0.4, -0.2) is 24.7 Å². The minimum Gasteiger partial charge on any atom is -0.497 e. The molecule has 1 aromatic carbocycles. The highest BCUT2D eigenvalue weighted by Gasteiger charge is 2.03. The van der Waals surface area contributed by atoms with Gasteiger partial charge >= 0.3 is 0 Å². The van der Waals surface area contributed by atoms with Crippen molar-refractivity contribution in [2.45, 2.75) is 32.2 Å². The molecule has 1 aromatic heterocycles. The number of nitrogens with one attached hydrogen (secondary N) is 1. The maximum absolute atomic E-state index is 5.17. The van der Waals surface area contributed by atoms with Crippen molar-refractivity contribution in [3.8, 4) is 5.75 Å². The Bertz CT molecular complexity index is 511. The fourth-order valence-electron chi connectivity index (χ4n) is 2.27. The second-order valence-corrected chi connectivity index (χ2v) is 5.31. The average Bonchev–Trinajstić information content (AvgIpc) is 2.54. The lowest BCUT2D eigenvalue weighted by Gasteiger charge is -2.13. The van der Waals surface area contributed by atoms with Crippen LogP contribution in [0.15, 0.2) is 48.7 Å². The summed E-state index contributed by atoms with van der Waals surface area (Å²) in [5.41, 5.74) is 2.50. The van der Waals surface area contributed by atoms with Crippen molar-refractivity contribution >= 4 is 0 Å². The van der Waals surface area contributed by atoms with Crippen LogP contribution < -0.4 is 10.1 Å². The summed E-state index contributed by atoms with van der Waals surface area (Å²) in [6.07, 6.45) is 5.05. The molecule has 0 aliphatic heterocycles. The van der Waals surface area contributed by atoms with Crippen LogP contribution in [0.2, 0.25) is 0 Å². The average molecular weight is 284 g/mol. The topological polar surface area (TPSA) is 34.1 Å². The lowest BCUT2D eigenvalue weighted by molar-refractivity contribution is 0.414. The van der Waals surface area contributed by atoms with E-state index < -0.39 is 0 Å². The van der Waals surface area contributed by atoms with Crippen LogP contribution in [0.3, 0.4) is 0 Å². The van der Waals surface area contributed by atoms with Gasteiger partial charge in [-0.05, 0) is 49.6 Å². The minimum atomic E-state index is 0.510. The standard InChI is InChI=1S/C18H24N2O/c1-15(19-14-12-17-5-3-4-13-20-17)6-7-16-8-10-18(21-2)11-9-16/h3-5,8-11,13,15,19H,6-7,12,14H2,1-2H3. The van der Waals surface area contributed by atoms with Crippen LogP contribution in [0, 0.1) is 0 Å². The Balaban J connectivity index is 1.66. The second-order valence-electron chi connectivity index (χ2n) is 5.31. The van der Waals surface area contributed by atoms with Crippen LogP contribution in [0.25, 0.3) is 0 Å². The van der Waals surface area contributed by atoms with E-state index in [1.807, 2.05) is 30.5 Å². The zero-order valence-corrected chi connectivity index (χ0v) is 12.9. The number of rotatable bonds is 8. The first-order valence-electron chi connectivity index (χ1n) is 7.54. The molecule has 0 spiro atoms. The summed E-state index contributed by atoms with van der Waals surface area (Å²) in [5, 5.41) is 3.56. The molecule has 0 aliphatic carbocycles. The van der Waals surface area contributed by atoms with Gasteiger partial charge in [-0.2, -0.15) is 0 Å². The Morgan fingerprint density at radius 1 is 1.10 bits per heavy atom. The Labute approximate surface area is 127 Å². The van der Waals surface area contributed by atoms with Crippen molar-refractivity contribution in [3.05, 3.63) is 59.9 Å². The summed E-state index contributed by atoms with van der Waals surface area (Å²) in [6.45, 7) is 3.21. The molecule has 0 bridgehead atoms. The van der Waals surface area contributed by atoms with E-state index in [1.54, 1.807) is 7.11 Å². The zero-order valence-electron chi connectivity index (χ0n) is 12.9. The van der Waals surface area contributed by atoms with Crippen LogP contribution in [-0.2, 0) is 12.8 Å². The molecular weight excluding hydrogens is 260 g/mol. The molecule has 21 heavy (non-hydrogen) atoms. The molecule has 2 rings (SSSR count). The smallest absolute Gasteiger partial charge is 0.118 e. The lowest BCUT2D eigenvalue weighted by Crippen LogP contribution is -2.28. The Morgan fingerprint density at radius 2 is 1.90 bits per heavy atom. The fourth-order valence-corrected chi connectivity index (χ4v) is 2.27. The molecule has 112 valence electrons. The number of aromatic nitrogens is 1. The van der Waals surface area contributed by atoms with Crippen molar-refractivity contribution in [1.29, 1.82) is 0 Å². The number of nitrogens with zero attached hydrogens (tertiary/aromatic N) is 1. The molecule has 1 atom stereocenters. The maximum atomic E-state index is 5.17. The predicted octanol–water partition coefficient (Wildman–Crippen LogP) is 3.24. The molecule has 3 nitrogen and oxygen atoms in total. The molecule has 0 saturated carbocycles. The third-order valence-corrected chi connectivity index (χ3v) is 3.63. The Morgan fingerprint density at radius 3 is 2.57 bits per heavy atom. The van der Waals surface area contributed by atoms with E-state index in [9.17, 15) is 0 Å². The molecule has 0 aliphatic rings. The van der Waals surface area contributed by atoms with Gasteiger partial charge in [0.05, 0.1) is 7.11 Å². The maximum Gasteiger partial charge on any atom is 0.118 e. The molecule has 1 N–H and O–H groups in total. The van der Waals surface area contributed by atoms with E-state index in [4.69, 9.17) is 4.74 Å². The summed E-state index contributed by atoms with van der Waals surface area (Å²) in [4.78, 5) is 4.33. The fraction of sp³-hybridized carbons (Fsp3) is 0.389. The summed E-state index contributed by atoms with van der Waals surface area (Å²) in [7, 11) is 1.70. The summed E-state index contributed by atoms with van der Waals surface area (Å²) < 4.78 is 5.17. The third kappa shape index (κ3) is 5.56. The normalized spacial score (nSPS) is 12.1. The monoisotopic (exact) mass is 284 g/mol. The van der Waals surface area contributed by atoms with E-state index in [0.29, 0.717) is 6.04 Å². The number of aryl methyl sites for hydroxylation is 1. The van der Waals surface area contributed by atoms with Crippen molar-refractivity contribution in [2.24, 2.45) is 0 Å². The Hall–Kier alpha value is -1.87. The first-order chi connectivity index (χ1) is 10.3. The molecule has 0 fully saturated rings. The van der Waals surface area contributed by atoms with Gasteiger partial charge in [0.25, 0.3) is 0 Å². The van der Waals surface area contributed by atoms with E-state index in [2.05, 4.69) is 35.4 Å². The predicted molar refractivity (Wildman–Crippen MR) is 86.7 cm³/mol. The quantitative estimate of drug-likeness (QED) is 0.808. The van der Waals surface area contributed by atoms with Crippen molar-refractivity contribution in [2.75, 3.05) is 13.7 Å². The number of benzene rings is 1. The van der Waals surface area contributed by atoms with E-state index >= 15 is 0 Å². The minimum absolute atomic E-state index is 0.510. The highest BCUT2D eigenvalue weighted by molar-refractivity contribution is 5.27. The molecule has 0 radical (unpaired) electrons. The highest BCUT2D eigenvalue weighted by atomic mass is 16.5. The molecule has 1 heterocycles. The van der Waals surface area contributed by atoms with Gasteiger partial charge in [-0.15, -0.1) is 0 Å². The zero-order chi connectivity index (χ0) is 14.9. The first-order valence-corrected chi connectivity index (χ1v) is 7.54. The van der Waals surface area contributed by atoms with Gasteiger partial charge in [0, 0.05) is 30.9 Å². The van der Waals surface area contributed by atoms with E-state index in [1.165, 1.54) is 5.56 Å². The summed E-state index contributed by atoms with van der Waals surface area (Å²) >= 11 is 0. The van der Waals surface area contributed by atoms with E-state index in [-0.39, 0.29) is 0 Å². The molecule has 0 amide bonds. The first kappa shape index (κ1) is 15.5. The van der Waals surface area contributed by atoms with Crippen molar-refractivity contribution in [1.82, 2.24) is 10.3 Å². The highest BCUT2D eigenvalue weighted by Crippen LogP contribution is 2.13. The number of pyridine rings is 1. The van der Waals surface area contributed by atoms with Crippen LogP contribution >= 0.6 is 0 Å². The van der Waals surface area contributed by atoms with Gasteiger partial charge in [-0.25, -0.2) is 0 Å².